The molecule has 2 aromatic carbocycles. The molecule has 4 rings (SSSR count). The molecule has 1 heterocycles. The quantitative estimate of drug-likeness (QED) is 0.771. The van der Waals surface area contributed by atoms with Gasteiger partial charge < -0.3 is 20.3 Å². The number of halogens is 1. The third kappa shape index (κ3) is 4.88. The van der Waals surface area contributed by atoms with E-state index >= 15 is 0 Å². The van der Waals surface area contributed by atoms with E-state index in [9.17, 15) is 14.0 Å². The van der Waals surface area contributed by atoms with Gasteiger partial charge in [0.25, 0.3) is 5.91 Å². The van der Waals surface area contributed by atoms with Crippen molar-refractivity contribution in [3.05, 3.63) is 59.4 Å². The van der Waals surface area contributed by atoms with E-state index in [4.69, 9.17) is 10.5 Å². The van der Waals surface area contributed by atoms with Crippen molar-refractivity contribution in [2.75, 3.05) is 32.7 Å². The summed E-state index contributed by atoms with van der Waals surface area (Å²) in [6.45, 7) is 2.38. The van der Waals surface area contributed by atoms with Gasteiger partial charge in [-0.3, -0.25) is 9.59 Å². The number of nitrogens with zero attached hydrogens (tertiary/aromatic N) is 2. The van der Waals surface area contributed by atoms with Gasteiger partial charge in [0.05, 0.1) is 5.56 Å². The molecule has 0 bridgehead atoms. The van der Waals surface area contributed by atoms with Crippen LogP contribution >= 0.6 is 0 Å². The van der Waals surface area contributed by atoms with Crippen LogP contribution in [0.15, 0.2) is 42.5 Å². The fourth-order valence-electron chi connectivity index (χ4n) is 3.97. The van der Waals surface area contributed by atoms with E-state index in [0.717, 1.165) is 31.2 Å². The van der Waals surface area contributed by atoms with Crippen LogP contribution in [0.2, 0.25) is 0 Å². The first-order chi connectivity index (χ1) is 15.0. The summed E-state index contributed by atoms with van der Waals surface area (Å²) in [5, 5.41) is 0. The zero-order valence-electron chi connectivity index (χ0n) is 17.6. The number of rotatable bonds is 6. The molecule has 0 unspecified atom stereocenters. The number of hydrogen-bond acceptors (Lipinski definition) is 4. The Hall–Kier alpha value is -2.93. The van der Waals surface area contributed by atoms with Crippen LogP contribution < -0.4 is 10.5 Å². The van der Waals surface area contributed by atoms with Gasteiger partial charge in [-0.25, -0.2) is 4.39 Å². The molecule has 1 aliphatic heterocycles. The van der Waals surface area contributed by atoms with E-state index in [2.05, 4.69) is 0 Å². The van der Waals surface area contributed by atoms with E-state index in [1.165, 1.54) is 18.2 Å². The van der Waals surface area contributed by atoms with Gasteiger partial charge in [-0.15, -0.1) is 0 Å². The Labute approximate surface area is 181 Å². The number of benzene rings is 2. The van der Waals surface area contributed by atoms with E-state index in [0.29, 0.717) is 44.2 Å². The molecule has 1 saturated heterocycles. The maximum atomic E-state index is 14.4. The van der Waals surface area contributed by atoms with Crippen LogP contribution in [0.5, 0.6) is 11.5 Å². The van der Waals surface area contributed by atoms with Gasteiger partial charge in [-0.05, 0) is 61.7 Å². The van der Waals surface area contributed by atoms with Gasteiger partial charge in [0.1, 0.15) is 17.3 Å². The highest BCUT2D eigenvalue weighted by Gasteiger charge is 2.32. The van der Waals surface area contributed by atoms with Crippen LogP contribution in [-0.2, 0) is 11.2 Å². The molecule has 2 fully saturated rings. The molecular weight excluding hydrogens is 397 g/mol. The average Bonchev–Trinajstić information content (AvgIpc) is 2.75. The first-order valence-corrected chi connectivity index (χ1v) is 10.9. The Kier molecular flexibility index (Phi) is 6.51. The summed E-state index contributed by atoms with van der Waals surface area (Å²) in [7, 11) is 0. The molecule has 0 spiro atoms. The van der Waals surface area contributed by atoms with E-state index in [-0.39, 0.29) is 23.3 Å². The lowest BCUT2D eigenvalue weighted by Gasteiger charge is -2.38. The summed E-state index contributed by atoms with van der Waals surface area (Å²) >= 11 is 0. The lowest BCUT2D eigenvalue weighted by Crippen LogP contribution is -2.52. The van der Waals surface area contributed by atoms with Crippen molar-refractivity contribution in [2.45, 2.75) is 25.7 Å². The predicted octanol–water partition coefficient (Wildman–Crippen LogP) is 3.20. The molecule has 6 nitrogen and oxygen atoms in total. The molecular formula is C24H28FN3O3. The summed E-state index contributed by atoms with van der Waals surface area (Å²) in [4.78, 5) is 28.8. The summed E-state index contributed by atoms with van der Waals surface area (Å²) in [5.41, 5.74) is 6.66. The lowest BCUT2D eigenvalue weighted by atomic mass is 9.84. The van der Waals surface area contributed by atoms with E-state index < -0.39 is 5.82 Å². The Morgan fingerprint density at radius 2 is 1.61 bits per heavy atom. The second kappa shape index (κ2) is 9.47. The Bertz CT molecular complexity index is 936. The summed E-state index contributed by atoms with van der Waals surface area (Å²) < 4.78 is 20.3. The number of hydrogen-bond donors (Lipinski definition) is 1. The van der Waals surface area contributed by atoms with Gasteiger partial charge in [-0.1, -0.05) is 18.6 Å². The van der Waals surface area contributed by atoms with E-state index in [1.54, 1.807) is 4.90 Å². The number of carbonyl (C=O) groups is 2. The molecule has 2 N–H and O–H groups in total. The second-order valence-corrected chi connectivity index (χ2v) is 8.17. The number of piperazine rings is 1. The zero-order valence-corrected chi connectivity index (χ0v) is 17.6. The molecule has 1 aliphatic carbocycles. The van der Waals surface area contributed by atoms with Gasteiger partial charge in [0.15, 0.2) is 0 Å². The maximum Gasteiger partial charge on any atom is 0.257 e. The minimum absolute atomic E-state index is 0.0176. The maximum absolute atomic E-state index is 14.4. The summed E-state index contributed by atoms with van der Waals surface area (Å²) in [6.07, 6.45) is 3.83. The van der Waals surface area contributed by atoms with Crippen LogP contribution in [0, 0.1) is 11.7 Å². The van der Waals surface area contributed by atoms with Crippen LogP contribution in [0.25, 0.3) is 0 Å². The number of amides is 2. The van der Waals surface area contributed by atoms with Gasteiger partial charge in [-0.2, -0.15) is 0 Å². The molecule has 164 valence electrons. The van der Waals surface area contributed by atoms with Crippen molar-refractivity contribution in [1.82, 2.24) is 9.80 Å². The number of carbonyl (C=O) groups excluding carboxylic acids is 2. The predicted molar refractivity (Wildman–Crippen MR) is 115 cm³/mol. The van der Waals surface area contributed by atoms with Gasteiger partial charge in [0, 0.05) is 32.1 Å². The van der Waals surface area contributed by atoms with Crippen LogP contribution in [0.3, 0.4) is 0 Å². The SMILES string of the molecule is NCCc1ccc(Oc2ccc(F)c(C(=O)N3CCN(C(=O)C4CCC4)CC3)c2)cc1. The Balaban J connectivity index is 1.39. The molecule has 0 radical (unpaired) electrons. The molecule has 7 heteroatoms. The van der Waals surface area contributed by atoms with Crippen LogP contribution in [0.1, 0.15) is 35.2 Å². The first kappa shape index (κ1) is 21.3. The molecule has 31 heavy (non-hydrogen) atoms. The summed E-state index contributed by atoms with van der Waals surface area (Å²) in [5.74, 6) is 0.389. The monoisotopic (exact) mass is 425 g/mol. The number of nitrogens with two attached hydrogens (primary N) is 1. The molecule has 2 aromatic rings. The van der Waals surface area contributed by atoms with Crippen molar-refractivity contribution in [1.29, 1.82) is 0 Å². The van der Waals surface area contributed by atoms with Crippen LogP contribution in [-0.4, -0.2) is 54.3 Å². The summed E-state index contributed by atoms with van der Waals surface area (Å²) in [6, 6.07) is 11.7. The average molecular weight is 426 g/mol. The molecule has 2 amide bonds. The largest absolute Gasteiger partial charge is 0.457 e. The minimum Gasteiger partial charge on any atom is -0.457 e. The fraction of sp³-hybridized carbons (Fsp3) is 0.417. The lowest BCUT2D eigenvalue weighted by molar-refractivity contribution is -0.139. The van der Waals surface area contributed by atoms with Crippen molar-refractivity contribution in [3.8, 4) is 11.5 Å². The molecule has 0 aromatic heterocycles. The fourth-order valence-corrected chi connectivity index (χ4v) is 3.97. The van der Waals surface area contributed by atoms with Crippen molar-refractivity contribution in [3.63, 3.8) is 0 Å². The van der Waals surface area contributed by atoms with Crippen molar-refractivity contribution in [2.24, 2.45) is 11.7 Å². The smallest absolute Gasteiger partial charge is 0.257 e. The second-order valence-electron chi connectivity index (χ2n) is 8.17. The van der Waals surface area contributed by atoms with E-state index in [1.807, 2.05) is 29.2 Å². The van der Waals surface area contributed by atoms with Gasteiger partial charge >= 0.3 is 0 Å². The molecule has 1 saturated carbocycles. The standard InChI is InChI=1S/C24H28FN3O3/c25-22-9-8-20(31-19-6-4-17(5-7-19)10-11-26)16-21(22)24(30)28-14-12-27(13-15-28)23(29)18-2-1-3-18/h4-9,16,18H,1-3,10-15,26H2. The van der Waals surface area contributed by atoms with Crippen molar-refractivity contribution < 1.29 is 18.7 Å². The highest BCUT2D eigenvalue weighted by molar-refractivity contribution is 5.95. The molecule has 0 atom stereocenters. The zero-order chi connectivity index (χ0) is 21.8. The normalized spacial score (nSPS) is 16.7. The van der Waals surface area contributed by atoms with Crippen LogP contribution in [0.4, 0.5) is 4.39 Å². The van der Waals surface area contributed by atoms with Gasteiger partial charge in [0.2, 0.25) is 5.91 Å². The first-order valence-electron chi connectivity index (χ1n) is 10.9. The highest BCUT2D eigenvalue weighted by Crippen LogP contribution is 2.29. The van der Waals surface area contributed by atoms with Crippen molar-refractivity contribution >= 4 is 11.8 Å². The Morgan fingerprint density at radius 1 is 0.968 bits per heavy atom. The third-order valence-electron chi connectivity index (χ3n) is 6.09. The minimum atomic E-state index is -0.580. The Morgan fingerprint density at radius 3 is 2.23 bits per heavy atom. The number of ether oxygens (including phenoxy) is 1. The topological polar surface area (TPSA) is 75.9 Å². The molecule has 2 aliphatic rings. The third-order valence-corrected chi connectivity index (χ3v) is 6.09. The highest BCUT2D eigenvalue weighted by atomic mass is 19.1.